The molecule has 16 heavy (non-hydrogen) atoms. The zero-order valence-electron chi connectivity index (χ0n) is 9.60. The molecule has 0 aliphatic carbocycles. The fourth-order valence-corrected chi connectivity index (χ4v) is 1.29. The minimum atomic E-state index is -0.659. The largest absolute Gasteiger partial charge is 0.460 e. The molecule has 1 atom stereocenters. The number of carbonyl (C=O) groups excluding carboxylic acids is 2. The van der Waals surface area contributed by atoms with Gasteiger partial charge in [-0.3, -0.25) is 9.59 Å². The average Bonchev–Trinajstić information content (AvgIpc) is 2.35. The quantitative estimate of drug-likeness (QED) is 0.565. The molecule has 3 heteroatoms. The first-order valence-corrected chi connectivity index (χ1v) is 5.38. The van der Waals surface area contributed by atoms with Crippen LogP contribution < -0.4 is 0 Å². The van der Waals surface area contributed by atoms with Crippen molar-refractivity contribution in [3.05, 3.63) is 35.9 Å². The second kappa shape index (κ2) is 6.05. The zero-order chi connectivity index (χ0) is 12.0. The van der Waals surface area contributed by atoms with Crippen molar-refractivity contribution in [3.63, 3.8) is 0 Å². The molecule has 86 valence electrons. The van der Waals surface area contributed by atoms with Gasteiger partial charge in [-0.15, -0.1) is 0 Å². The molecule has 1 aromatic rings. The first-order chi connectivity index (χ1) is 7.65. The zero-order valence-corrected chi connectivity index (χ0v) is 9.60. The van der Waals surface area contributed by atoms with Gasteiger partial charge in [-0.05, 0) is 12.5 Å². The van der Waals surface area contributed by atoms with Crippen molar-refractivity contribution in [2.24, 2.45) is 5.92 Å². The fourth-order valence-electron chi connectivity index (χ4n) is 1.29. The minimum Gasteiger partial charge on any atom is -0.460 e. The Kier molecular flexibility index (Phi) is 4.70. The Labute approximate surface area is 95.4 Å². The van der Waals surface area contributed by atoms with Crippen LogP contribution in [0, 0.1) is 5.92 Å². The predicted octanol–water partition coefficient (Wildman–Crippen LogP) is 2.35. The molecule has 0 aromatic heterocycles. The van der Waals surface area contributed by atoms with Crippen molar-refractivity contribution in [2.45, 2.75) is 26.9 Å². The van der Waals surface area contributed by atoms with Gasteiger partial charge in [0, 0.05) is 6.42 Å². The molecule has 0 heterocycles. The van der Waals surface area contributed by atoms with E-state index in [0.717, 1.165) is 5.56 Å². The molecule has 0 spiro atoms. The van der Waals surface area contributed by atoms with Gasteiger partial charge in [0.2, 0.25) is 0 Å². The summed E-state index contributed by atoms with van der Waals surface area (Å²) in [5.41, 5.74) is 0.923. The number of hydrogen-bond donors (Lipinski definition) is 0. The normalized spacial score (nSPS) is 11.9. The molecule has 0 aliphatic rings. The van der Waals surface area contributed by atoms with Crippen LogP contribution in [0.2, 0.25) is 0 Å². The highest BCUT2D eigenvalue weighted by Gasteiger charge is 2.20. The van der Waals surface area contributed by atoms with Crippen LogP contribution in [0.4, 0.5) is 0 Å². The molecule has 0 fully saturated rings. The van der Waals surface area contributed by atoms with Crippen molar-refractivity contribution < 1.29 is 14.3 Å². The van der Waals surface area contributed by atoms with E-state index in [0.29, 0.717) is 6.42 Å². The third kappa shape index (κ3) is 3.50. The van der Waals surface area contributed by atoms with Gasteiger partial charge in [0.15, 0.2) is 0 Å². The van der Waals surface area contributed by atoms with Crippen LogP contribution >= 0.6 is 0 Å². The van der Waals surface area contributed by atoms with Gasteiger partial charge in [-0.2, -0.15) is 0 Å². The molecule has 0 aliphatic heterocycles. The number of esters is 1. The molecule has 0 amide bonds. The smallest absolute Gasteiger partial charge is 0.316 e. The topological polar surface area (TPSA) is 43.4 Å². The second-order valence-corrected chi connectivity index (χ2v) is 3.63. The molecule has 0 saturated heterocycles. The van der Waals surface area contributed by atoms with Gasteiger partial charge in [0.05, 0.1) is 0 Å². The SMILES string of the molecule is CCC(=O)[C@H](C)C(=O)OCc1ccccc1. The van der Waals surface area contributed by atoms with Crippen molar-refractivity contribution in [3.8, 4) is 0 Å². The summed E-state index contributed by atoms with van der Waals surface area (Å²) in [6.07, 6.45) is 0.363. The van der Waals surface area contributed by atoms with Crippen molar-refractivity contribution in [1.29, 1.82) is 0 Å². The fraction of sp³-hybridized carbons (Fsp3) is 0.385. The highest BCUT2D eigenvalue weighted by atomic mass is 16.5. The Morgan fingerprint density at radius 1 is 1.25 bits per heavy atom. The van der Waals surface area contributed by atoms with E-state index < -0.39 is 11.9 Å². The molecule has 0 saturated carbocycles. The predicted molar refractivity (Wildman–Crippen MR) is 60.7 cm³/mol. The van der Waals surface area contributed by atoms with E-state index in [4.69, 9.17) is 4.74 Å². The maximum absolute atomic E-state index is 11.5. The summed E-state index contributed by atoms with van der Waals surface area (Å²) in [7, 11) is 0. The molecule has 0 unspecified atom stereocenters. The molecule has 0 bridgehead atoms. The summed E-state index contributed by atoms with van der Waals surface area (Å²) >= 11 is 0. The lowest BCUT2D eigenvalue weighted by Crippen LogP contribution is -2.22. The Balaban J connectivity index is 2.44. The van der Waals surface area contributed by atoms with Crippen molar-refractivity contribution in [1.82, 2.24) is 0 Å². The Morgan fingerprint density at radius 3 is 2.44 bits per heavy atom. The van der Waals surface area contributed by atoms with Gasteiger partial charge in [-0.1, -0.05) is 37.3 Å². The number of ketones is 1. The summed E-state index contributed by atoms with van der Waals surface area (Å²) in [5, 5.41) is 0. The Morgan fingerprint density at radius 2 is 1.88 bits per heavy atom. The monoisotopic (exact) mass is 220 g/mol. The number of ether oxygens (including phenoxy) is 1. The molecule has 3 nitrogen and oxygen atoms in total. The number of hydrogen-bond acceptors (Lipinski definition) is 3. The third-order valence-corrected chi connectivity index (χ3v) is 2.41. The van der Waals surface area contributed by atoms with E-state index >= 15 is 0 Å². The van der Waals surface area contributed by atoms with Gasteiger partial charge >= 0.3 is 5.97 Å². The maximum Gasteiger partial charge on any atom is 0.316 e. The Bertz CT molecular complexity index is 357. The molecule has 1 aromatic carbocycles. The lowest BCUT2D eigenvalue weighted by Gasteiger charge is -2.09. The van der Waals surface area contributed by atoms with E-state index in [-0.39, 0.29) is 12.4 Å². The summed E-state index contributed by atoms with van der Waals surface area (Å²) in [6, 6.07) is 9.40. The van der Waals surface area contributed by atoms with Crippen molar-refractivity contribution in [2.75, 3.05) is 0 Å². The number of Topliss-reactive ketones (excluding diaryl/α,β-unsaturated/α-hetero) is 1. The number of carbonyl (C=O) groups is 2. The number of rotatable bonds is 5. The lowest BCUT2D eigenvalue weighted by atomic mass is 10.1. The van der Waals surface area contributed by atoms with E-state index in [9.17, 15) is 9.59 Å². The van der Waals surface area contributed by atoms with Crippen LogP contribution in [0.5, 0.6) is 0 Å². The van der Waals surface area contributed by atoms with E-state index in [2.05, 4.69) is 0 Å². The summed E-state index contributed by atoms with van der Waals surface area (Å²) in [5.74, 6) is -1.19. The van der Waals surface area contributed by atoms with Crippen molar-refractivity contribution >= 4 is 11.8 Å². The average molecular weight is 220 g/mol. The number of benzene rings is 1. The Hall–Kier alpha value is -1.64. The standard InChI is InChI=1S/C13H16O3/c1-3-12(14)10(2)13(15)16-9-11-7-5-4-6-8-11/h4-8,10H,3,9H2,1-2H3/t10-/m0/s1. The van der Waals surface area contributed by atoms with Crippen LogP contribution in [0.25, 0.3) is 0 Å². The third-order valence-electron chi connectivity index (χ3n) is 2.41. The molecule has 0 radical (unpaired) electrons. The highest BCUT2D eigenvalue weighted by molar-refractivity contribution is 5.98. The van der Waals surface area contributed by atoms with Gasteiger partial charge in [-0.25, -0.2) is 0 Å². The molecule has 0 N–H and O–H groups in total. The van der Waals surface area contributed by atoms with Gasteiger partial charge < -0.3 is 4.74 Å². The first-order valence-electron chi connectivity index (χ1n) is 5.38. The van der Waals surface area contributed by atoms with E-state index in [1.807, 2.05) is 30.3 Å². The minimum absolute atomic E-state index is 0.0851. The highest BCUT2D eigenvalue weighted by Crippen LogP contribution is 2.07. The first kappa shape index (κ1) is 12.4. The molecular weight excluding hydrogens is 204 g/mol. The van der Waals surface area contributed by atoms with Crippen LogP contribution in [0.1, 0.15) is 25.8 Å². The summed E-state index contributed by atoms with van der Waals surface area (Å²) < 4.78 is 5.05. The molecular formula is C13H16O3. The summed E-state index contributed by atoms with van der Waals surface area (Å²) in [4.78, 5) is 22.7. The second-order valence-electron chi connectivity index (χ2n) is 3.63. The molecule has 1 rings (SSSR count). The van der Waals surface area contributed by atoms with E-state index in [1.54, 1.807) is 13.8 Å². The van der Waals surface area contributed by atoms with Crippen LogP contribution in [-0.2, 0) is 20.9 Å². The lowest BCUT2D eigenvalue weighted by molar-refractivity contribution is -0.152. The van der Waals surface area contributed by atoms with Crippen LogP contribution in [0.3, 0.4) is 0 Å². The summed E-state index contributed by atoms with van der Waals surface area (Å²) in [6.45, 7) is 3.55. The van der Waals surface area contributed by atoms with Crippen LogP contribution in [0.15, 0.2) is 30.3 Å². The maximum atomic E-state index is 11.5. The van der Waals surface area contributed by atoms with Crippen LogP contribution in [-0.4, -0.2) is 11.8 Å². The van der Waals surface area contributed by atoms with E-state index in [1.165, 1.54) is 0 Å². The van der Waals surface area contributed by atoms with Gasteiger partial charge in [0.1, 0.15) is 18.3 Å². The van der Waals surface area contributed by atoms with Gasteiger partial charge in [0.25, 0.3) is 0 Å².